The second-order valence-electron chi connectivity index (χ2n) is 7.61. The van der Waals surface area contributed by atoms with Gasteiger partial charge in [-0.15, -0.1) is 0 Å². The summed E-state index contributed by atoms with van der Waals surface area (Å²) in [7, 11) is 7.28. The summed E-state index contributed by atoms with van der Waals surface area (Å²) in [4.78, 5) is 20.0. The van der Waals surface area contributed by atoms with E-state index in [1.807, 2.05) is 24.3 Å². The Balaban J connectivity index is 1.60. The molecule has 3 aromatic rings. The highest BCUT2D eigenvalue weighted by Gasteiger charge is 2.26. The quantitative estimate of drug-likeness (QED) is 0.601. The first-order valence-electron chi connectivity index (χ1n) is 9.99. The number of benzene rings is 2. The van der Waals surface area contributed by atoms with Crippen molar-refractivity contribution in [3.63, 3.8) is 0 Å². The molecule has 2 heterocycles. The monoisotopic (exact) mass is 438 g/mol. The smallest absolute Gasteiger partial charge is 0.255 e. The number of rotatable bonds is 7. The van der Waals surface area contributed by atoms with Gasteiger partial charge in [0.1, 0.15) is 0 Å². The molecule has 1 unspecified atom stereocenters. The summed E-state index contributed by atoms with van der Waals surface area (Å²) >= 11 is 1.77. The number of ether oxygens (including phenoxy) is 2. The lowest BCUT2D eigenvalue weighted by Gasteiger charge is -2.17. The number of methoxy groups -OCH3 is 2. The number of nitrogens with zero attached hydrogens (tertiary/aromatic N) is 3. The van der Waals surface area contributed by atoms with E-state index in [1.165, 1.54) is 0 Å². The van der Waals surface area contributed by atoms with E-state index in [0.717, 1.165) is 28.7 Å². The molecule has 0 saturated carbocycles. The molecule has 0 spiro atoms. The maximum absolute atomic E-state index is 12.9. The normalized spacial score (nSPS) is 15.1. The third kappa shape index (κ3) is 4.40. The van der Waals surface area contributed by atoms with Crippen LogP contribution in [0.2, 0.25) is 0 Å². The lowest BCUT2D eigenvalue weighted by Crippen LogP contribution is -2.23. The van der Waals surface area contributed by atoms with Gasteiger partial charge in [0.25, 0.3) is 5.91 Å². The van der Waals surface area contributed by atoms with Crippen molar-refractivity contribution in [2.75, 3.05) is 45.9 Å². The van der Waals surface area contributed by atoms with Crippen molar-refractivity contribution >= 4 is 23.4 Å². The average Bonchev–Trinajstić information content (AvgIpc) is 3.35. The van der Waals surface area contributed by atoms with Crippen molar-refractivity contribution in [3.05, 3.63) is 54.2 Å². The summed E-state index contributed by atoms with van der Waals surface area (Å²) in [6.45, 7) is 0.966. The van der Waals surface area contributed by atoms with Gasteiger partial charge in [0, 0.05) is 29.6 Å². The van der Waals surface area contributed by atoms with Crippen LogP contribution >= 0.6 is 11.8 Å². The molecule has 1 atom stereocenters. The molecule has 7 nitrogen and oxygen atoms in total. The molecular formula is C23H26N4O3S. The van der Waals surface area contributed by atoms with Crippen molar-refractivity contribution in [1.82, 2.24) is 14.5 Å². The van der Waals surface area contributed by atoms with Crippen LogP contribution in [0.3, 0.4) is 0 Å². The van der Waals surface area contributed by atoms with E-state index in [1.54, 1.807) is 44.2 Å². The first kappa shape index (κ1) is 21.3. The van der Waals surface area contributed by atoms with Gasteiger partial charge in [0.2, 0.25) is 0 Å². The summed E-state index contributed by atoms with van der Waals surface area (Å²) in [5.74, 6) is 1.90. The zero-order valence-corrected chi connectivity index (χ0v) is 18.9. The second-order valence-corrected chi connectivity index (χ2v) is 8.60. The van der Waals surface area contributed by atoms with Crippen LogP contribution < -0.4 is 14.8 Å². The fraction of sp³-hybridized carbons (Fsp3) is 0.304. The third-order valence-corrected chi connectivity index (χ3v) is 6.28. The topological polar surface area (TPSA) is 68.6 Å². The van der Waals surface area contributed by atoms with Crippen LogP contribution in [0.15, 0.2) is 53.8 Å². The lowest BCUT2D eigenvalue weighted by atomic mass is 10.1. The molecule has 1 aliphatic heterocycles. The van der Waals surface area contributed by atoms with Crippen molar-refractivity contribution in [1.29, 1.82) is 0 Å². The Morgan fingerprint density at radius 1 is 1.19 bits per heavy atom. The van der Waals surface area contributed by atoms with Crippen LogP contribution in [0.4, 0.5) is 5.69 Å². The lowest BCUT2D eigenvalue weighted by molar-refractivity contribution is 0.102. The molecule has 31 heavy (non-hydrogen) atoms. The highest BCUT2D eigenvalue weighted by Crippen LogP contribution is 2.37. The molecule has 2 aromatic carbocycles. The standard InChI is InChI=1S/C23H26N4O3S/c1-26(2)12-16-14-31-23-25-19(13-27(16)23)17-7-5-6-8-18(17)24-22(28)15-9-10-20(29-3)21(11-15)30-4/h5-11,13,16H,12,14H2,1-4H3,(H,24,28). The number of thioether (sulfide) groups is 1. The Kier molecular flexibility index (Phi) is 6.20. The molecule has 1 aromatic heterocycles. The largest absolute Gasteiger partial charge is 0.493 e. The number of carbonyl (C=O) groups excluding carboxylic acids is 1. The number of fused-ring (bicyclic) bond motifs is 1. The summed E-state index contributed by atoms with van der Waals surface area (Å²) < 4.78 is 12.8. The van der Waals surface area contributed by atoms with Gasteiger partial charge in [-0.2, -0.15) is 0 Å². The number of aromatic nitrogens is 2. The molecule has 1 amide bonds. The van der Waals surface area contributed by atoms with E-state index in [4.69, 9.17) is 14.5 Å². The predicted molar refractivity (Wildman–Crippen MR) is 123 cm³/mol. The number of amides is 1. The zero-order valence-electron chi connectivity index (χ0n) is 18.1. The Bertz CT molecular complexity index is 1100. The first-order valence-corrected chi connectivity index (χ1v) is 11.0. The number of likely N-dealkylation sites (N-methyl/N-ethyl adjacent to an activating group) is 1. The van der Waals surface area contributed by atoms with Gasteiger partial charge in [0.05, 0.1) is 31.6 Å². The van der Waals surface area contributed by atoms with Crippen molar-refractivity contribution in [3.8, 4) is 22.8 Å². The minimum Gasteiger partial charge on any atom is -0.493 e. The number of hydrogen-bond acceptors (Lipinski definition) is 6. The van der Waals surface area contributed by atoms with Gasteiger partial charge in [0.15, 0.2) is 16.7 Å². The predicted octanol–water partition coefficient (Wildman–Crippen LogP) is 4.03. The van der Waals surface area contributed by atoms with E-state index in [-0.39, 0.29) is 5.91 Å². The van der Waals surface area contributed by atoms with E-state index >= 15 is 0 Å². The molecule has 8 heteroatoms. The zero-order chi connectivity index (χ0) is 22.0. The summed E-state index contributed by atoms with van der Waals surface area (Å²) in [6, 6.07) is 13.2. The maximum Gasteiger partial charge on any atom is 0.255 e. The van der Waals surface area contributed by atoms with Crippen LogP contribution in [0.5, 0.6) is 11.5 Å². The molecule has 0 bridgehead atoms. The van der Waals surface area contributed by atoms with E-state index in [0.29, 0.717) is 28.8 Å². The van der Waals surface area contributed by atoms with Crippen LogP contribution in [-0.4, -0.2) is 61.0 Å². The Morgan fingerprint density at radius 3 is 2.71 bits per heavy atom. The molecule has 0 radical (unpaired) electrons. The highest BCUT2D eigenvalue weighted by molar-refractivity contribution is 7.99. The van der Waals surface area contributed by atoms with Crippen molar-refractivity contribution in [2.45, 2.75) is 11.2 Å². The van der Waals surface area contributed by atoms with Gasteiger partial charge in [-0.1, -0.05) is 30.0 Å². The van der Waals surface area contributed by atoms with Crippen LogP contribution in [-0.2, 0) is 0 Å². The molecule has 1 aliphatic rings. The minimum absolute atomic E-state index is 0.222. The van der Waals surface area contributed by atoms with Gasteiger partial charge in [-0.05, 0) is 38.4 Å². The minimum atomic E-state index is -0.222. The van der Waals surface area contributed by atoms with Crippen molar-refractivity contribution < 1.29 is 14.3 Å². The Morgan fingerprint density at radius 2 is 1.97 bits per heavy atom. The SMILES string of the molecule is COc1ccc(C(=O)Nc2ccccc2-c2cn3c(n2)SCC3CN(C)C)cc1OC. The number of para-hydroxylation sites is 1. The molecule has 0 fully saturated rings. The fourth-order valence-corrected chi connectivity index (χ4v) is 4.80. The number of anilines is 1. The number of nitrogens with one attached hydrogen (secondary N) is 1. The van der Waals surface area contributed by atoms with E-state index in [2.05, 4.69) is 35.1 Å². The average molecular weight is 439 g/mol. The summed E-state index contributed by atoms with van der Waals surface area (Å²) in [5, 5.41) is 4.04. The van der Waals surface area contributed by atoms with Gasteiger partial charge in [-0.3, -0.25) is 4.79 Å². The van der Waals surface area contributed by atoms with Gasteiger partial charge >= 0.3 is 0 Å². The molecule has 0 aliphatic carbocycles. The molecule has 0 saturated heterocycles. The molecule has 162 valence electrons. The van der Waals surface area contributed by atoms with E-state index in [9.17, 15) is 4.79 Å². The highest BCUT2D eigenvalue weighted by atomic mass is 32.2. The van der Waals surface area contributed by atoms with E-state index < -0.39 is 0 Å². The Hall–Kier alpha value is -2.97. The summed E-state index contributed by atoms with van der Waals surface area (Å²) in [6.07, 6.45) is 2.09. The Labute approximate surface area is 186 Å². The van der Waals surface area contributed by atoms with Gasteiger partial charge in [-0.25, -0.2) is 4.98 Å². The van der Waals surface area contributed by atoms with Crippen LogP contribution in [0, 0.1) is 0 Å². The third-order valence-electron chi connectivity index (χ3n) is 5.17. The number of imidazole rings is 1. The first-order chi connectivity index (χ1) is 15.0. The molecule has 1 N–H and O–H groups in total. The van der Waals surface area contributed by atoms with Crippen LogP contribution in [0.1, 0.15) is 16.4 Å². The molecular weight excluding hydrogens is 412 g/mol. The fourth-order valence-electron chi connectivity index (χ4n) is 3.68. The number of carbonyl (C=O) groups is 1. The maximum atomic E-state index is 12.9. The van der Waals surface area contributed by atoms with Gasteiger partial charge < -0.3 is 24.3 Å². The van der Waals surface area contributed by atoms with Crippen LogP contribution in [0.25, 0.3) is 11.3 Å². The van der Waals surface area contributed by atoms with Crippen molar-refractivity contribution in [2.24, 2.45) is 0 Å². The number of hydrogen-bond donors (Lipinski definition) is 1. The second kappa shape index (κ2) is 9.03. The molecule has 4 rings (SSSR count). The summed E-state index contributed by atoms with van der Waals surface area (Å²) in [5.41, 5.74) is 2.95.